The van der Waals surface area contributed by atoms with Crippen molar-refractivity contribution in [2.45, 2.75) is 52.6 Å². The molecule has 0 aromatic heterocycles. The van der Waals surface area contributed by atoms with E-state index in [9.17, 15) is 0 Å². The highest BCUT2D eigenvalue weighted by Gasteiger charge is 2.31. The number of hydrogen-bond donors (Lipinski definition) is 2. The minimum absolute atomic E-state index is 0.282. The van der Waals surface area contributed by atoms with Crippen LogP contribution in [0.2, 0.25) is 0 Å². The molecule has 0 saturated heterocycles. The Bertz CT molecular complexity index is 219. The lowest BCUT2D eigenvalue weighted by Crippen LogP contribution is -2.47. The zero-order valence-corrected chi connectivity index (χ0v) is 10.3. The third-order valence-electron chi connectivity index (χ3n) is 2.33. The van der Waals surface area contributed by atoms with E-state index in [1.165, 1.54) is 12.8 Å². The molecule has 1 saturated carbocycles. The van der Waals surface area contributed by atoms with Gasteiger partial charge in [-0.15, -0.1) is 0 Å². The summed E-state index contributed by atoms with van der Waals surface area (Å²) in [5.41, 5.74) is 2.74. The van der Waals surface area contributed by atoms with E-state index >= 15 is 0 Å². The largest absolute Gasteiger partial charge is 0.339 e. The Hall–Kier alpha value is -0.770. The second-order valence-corrected chi connectivity index (χ2v) is 4.97. The van der Waals surface area contributed by atoms with Gasteiger partial charge in [0.15, 0.2) is 0 Å². The van der Waals surface area contributed by atoms with Crippen LogP contribution in [0.1, 0.15) is 40.5 Å². The molecule has 0 spiro atoms. The summed E-state index contributed by atoms with van der Waals surface area (Å²) in [5.74, 6) is 7.02. The molecule has 88 valence electrons. The second kappa shape index (κ2) is 5.35. The fourth-order valence-electron chi connectivity index (χ4n) is 1.63. The molecular weight excluding hydrogens is 188 g/mol. The van der Waals surface area contributed by atoms with Gasteiger partial charge in [0.05, 0.1) is 0 Å². The lowest BCUT2D eigenvalue weighted by Gasteiger charge is -2.27. The molecule has 1 rings (SSSR count). The monoisotopic (exact) mass is 212 g/mol. The Morgan fingerprint density at radius 2 is 2.00 bits per heavy atom. The smallest absolute Gasteiger partial charge is 0.208 e. The van der Waals surface area contributed by atoms with Crippen molar-refractivity contribution in [3.8, 4) is 0 Å². The van der Waals surface area contributed by atoms with Gasteiger partial charge in [-0.3, -0.25) is 5.43 Å². The highest BCUT2D eigenvalue weighted by Crippen LogP contribution is 2.27. The van der Waals surface area contributed by atoms with Crippen LogP contribution in [-0.2, 0) is 0 Å². The quantitative estimate of drug-likeness (QED) is 0.320. The van der Waals surface area contributed by atoms with Gasteiger partial charge in [0.25, 0.3) is 0 Å². The molecule has 4 heteroatoms. The first-order valence-electron chi connectivity index (χ1n) is 5.85. The zero-order valence-electron chi connectivity index (χ0n) is 10.3. The SMILES string of the molecule is CC(C)CN(C(=NC(C)C)NN)C1CC1. The molecule has 4 nitrogen and oxygen atoms in total. The van der Waals surface area contributed by atoms with E-state index in [-0.39, 0.29) is 6.04 Å². The number of nitrogens with one attached hydrogen (secondary N) is 1. The summed E-state index contributed by atoms with van der Waals surface area (Å²) in [4.78, 5) is 6.83. The number of nitrogens with zero attached hydrogens (tertiary/aromatic N) is 2. The number of nitrogens with two attached hydrogens (primary N) is 1. The molecule has 0 unspecified atom stereocenters. The van der Waals surface area contributed by atoms with Crippen LogP contribution in [0.5, 0.6) is 0 Å². The molecule has 1 aliphatic rings. The minimum Gasteiger partial charge on any atom is -0.339 e. The van der Waals surface area contributed by atoms with Crippen LogP contribution >= 0.6 is 0 Å². The molecule has 0 heterocycles. The first kappa shape index (κ1) is 12.3. The Morgan fingerprint density at radius 3 is 2.33 bits per heavy atom. The summed E-state index contributed by atoms with van der Waals surface area (Å²) in [5, 5.41) is 0. The van der Waals surface area contributed by atoms with Gasteiger partial charge in [0.2, 0.25) is 5.96 Å². The lowest BCUT2D eigenvalue weighted by molar-refractivity contribution is 0.344. The summed E-state index contributed by atoms with van der Waals surface area (Å²) < 4.78 is 0. The lowest BCUT2D eigenvalue weighted by atomic mass is 10.2. The highest BCUT2D eigenvalue weighted by atomic mass is 15.4. The van der Waals surface area contributed by atoms with E-state index in [1.54, 1.807) is 0 Å². The maximum absolute atomic E-state index is 5.54. The van der Waals surface area contributed by atoms with Gasteiger partial charge in [-0.05, 0) is 32.6 Å². The molecule has 0 aromatic rings. The van der Waals surface area contributed by atoms with Crippen LogP contribution in [0.25, 0.3) is 0 Å². The average Bonchev–Trinajstić information content (AvgIpc) is 2.93. The van der Waals surface area contributed by atoms with Crippen molar-refractivity contribution in [3.05, 3.63) is 0 Å². The first-order valence-corrected chi connectivity index (χ1v) is 5.85. The fraction of sp³-hybridized carbons (Fsp3) is 0.909. The maximum atomic E-state index is 5.54. The van der Waals surface area contributed by atoms with Gasteiger partial charge < -0.3 is 4.90 Å². The van der Waals surface area contributed by atoms with Crippen LogP contribution in [-0.4, -0.2) is 29.5 Å². The predicted octanol–water partition coefficient (Wildman–Crippen LogP) is 1.33. The molecular formula is C11H24N4. The van der Waals surface area contributed by atoms with E-state index in [0.29, 0.717) is 12.0 Å². The molecule has 3 N–H and O–H groups in total. The van der Waals surface area contributed by atoms with Crippen molar-refractivity contribution in [1.29, 1.82) is 0 Å². The van der Waals surface area contributed by atoms with E-state index in [2.05, 4.69) is 43.0 Å². The molecule has 1 fully saturated rings. The molecule has 0 atom stereocenters. The molecule has 0 aliphatic heterocycles. The highest BCUT2D eigenvalue weighted by molar-refractivity contribution is 5.80. The average molecular weight is 212 g/mol. The van der Waals surface area contributed by atoms with Gasteiger partial charge in [0, 0.05) is 18.6 Å². The summed E-state index contributed by atoms with van der Waals surface area (Å²) in [6, 6.07) is 0.936. The van der Waals surface area contributed by atoms with Gasteiger partial charge in [-0.1, -0.05) is 13.8 Å². The van der Waals surface area contributed by atoms with E-state index in [0.717, 1.165) is 12.5 Å². The number of rotatable bonds is 4. The van der Waals surface area contributed by atoms with Gasteiger partial charge >= 0.3 is 0 Å². The zero-order chi connectivity index (χ0) is 11.4. The normalized spacial score (nSPS) is 17.4. The Kier molecular flexibility index (Phi) is 4.39. The first-order chi connectivity index (χ1) is 7.04. The summed E-state index contributed by atoms with van der Waals surface area (Å²) in [6.45, 7) is 9.60. The topological polar surface area (TPSA) is 53.6 Å². The van der Waals surface area contributed by atoms with Crippen molar-refractivity contribution < 1.29 is 0 Å². The standard InChI is InChI=1S/C11H24N4/c1-8(2)7-15(10-5-6-10)11(14-12)13-9(3)4/h8-10H,5-7,12H2,1-4H3,(H,13,14). The minimum atomic E-state index is 0.282. The molecule has 1 aliphatic carbocycles. The Balaban J connectivity index is 2.67. The molecule has 0 radical (unpaired) electrons. The molecule has 0 bridgehead atoms. The predicted molar refractivity (Wildman–Crippen MR) is 64.5 cm³/mol. The maximum Gasteiger partial charge on any atom is 0.208 e. The molecule has 15 heavy (non-hydrogen) atoms. The van der Waals surface area contributed by atoms with Crippen LogP contribution < -0.4 is 11.3 Å². The molecule has 0 amide bonds. The second-order valence-electron chi connectivity index (χ2n) is 4.97. The number of guanidine groups is 1. The third kappa shape index (κ3) is 4.08. The number of aliphatic imine (C=N–C) groups is 1. The van der Waals surface area contributed by atoms with Crippen LogP contribution in [0.3, 0.4) is 0 Å². The summed E-state index contributed by atoms with van der Waals surface area (Å²) in [7, 11) is 0. The van der Waals surface area contributed by atoms with Gasteiger partial charge in [-0.25, -0.2) is 10.8 Å². The van der Waals surface area contributed by atoms with Crippen molar-refractivity contribution in [3.63, 3.8) is 0 Å². The number of hydrazine groups is 1. The van der Waals surface area contributed by atoms with Crippen molar-refractivity contribution in [2.24, 2.45) is 16.8 Å². The fourth-order valence-corrected chi connectivity index (χ4v) is 1.63. The van der Waals surface area contributed by atoms with Gasteiger partial charge in [-0.2, -0.15) is 0 Å². The van der Waals surface area contributed by atoms with Crippen LogP contribution in [0.4, 0.5) is 0 Å². The van der Waals surface area contributed by atoms with Crippen LogP contribution in [0, 0.1) is 5.92 Å². The van der Waals surface area contributed by atoms with Crippen molar-refractivity contribution >= 4 is 5.96 Å². The number of hydrogen-bond acceptors (Lipinski definition) is 2. The Morgan fingerprint density at radius 1 is 1.40 bits per heavy atom. The van der Waals surface area contributed by atoms with E-state index in [1.807, 2.05) is 0 Å². The van der Waals surface area contributed by atoms with Crippen molar-refractivity contribution in [2.75, 3.05) is 6.54 Å². The summed E-state index contributed by atoms with van der Waals surface area (Å²) >= 11 is 0. The van der Waals surface area contributed by atoms with Crippen LogP contribution in [0.15, 0.2) is 4.99 Å². The van der Waals surface area contributed by atoms with E-state index in [4.69, 9.17) is 5.84 Å². The Labute approximate surface area is 92.9 Å². The van der Waals surface area contributed by atoms with Gasteiger partial charge in [0.1, 0.15) is 0 Å². The summed E-state index contributed by atoms with van der Waals surface area (Å²) in [6.07, 6.45) is 2.54. The van der Waals surface area contributed by atoms with Crippen molar-refractivity contribution in [1.82, 2.24) is 10.3 Å². The third-order valence-corrected chi connectivity index (χ3v) is 2.33. The van der Waals surface area contributed by atoms with E-state index < -0.39 is 0 Å². The molecule has 0 aromatic carbocycles.